The fourth-order valence-corrected chi connectivity index (χ4v) is 2.39. The Morgan fingerprint density at radius 2 is 2.07 bits per heavy atom. The van der Waals surface area contributed by atoms with Gasteiger partial charge in [-0.05, 0) is 44.2 Å². The molecule has 0 unspecified atom stereocenters. The Hall–Kier alpha value is -2.64. The molecule has 144 valence electrons. The van der Waals surface area contributed by atoms with Gasteiger partial charge in [-0.3, -0.25) is 4.79 Å². The van der Waals surface area contributed by atoms with Crippen LogP contribution in [-0.2, 0) is 20.9 Å². The van der Waals surface area contributed by atoms with E-state index in [9.17, 15) is 9.59 Å². The zero-order valence-corrected chi connectivity index (χ0v) is 16.1. The number of aromatic nitrogens is 1. The van der Waals surface area contributed by atoms with Crippen LogP contribution >= 0.6 is 11.6 Å². The molecule has 0 aliphatic rings. The van der Waals surface area contributed by atoms with Gasteiger partial charge in [0.05, 0.1) is 25.0 Å². The lowest BCUT2D eigenvalue weighted by atomic mass is 10.1. The number of carbonyl (C=O) groups excluding carboxylic acids is 2. The van der Waals surface area contributed by atoms with Crippen LogP contribution in [0.3, 0.4) is 0 Å². The van der Waals surface area contributed by atoms with Crippen LogP contribution in [0.25, 0.3) is 0 Å². The quantitative estimate of drug-likeness (QED) is 0.546. The van der Waals surface area contributed by atoms with Crippen LogP contribution in [0, 0.1) is 0 Å². The van der Waals surface area contributed by atoms with Crippen molar-refractivity contribution in [1.82, 2.24) is 4.98 Å². The second kappa shape index (κ2) is 9.89. The summed E-state index contributed by atoms with van der Waals surface area (Å²) in [5.74, 6) is -0.534. The van der Waals surface area contributed by atoms with E-state index in [1.165, 1.54) is 13.1 Å². The summed E-state index contributed by atoms with van der Waals surface area (Å²) >= 11 is 5.90. The summed E-state index contributed by atoms with van der Waals surface area (Å²) in [5.41, 5.74) is 1.35. The second-order valence-electron chi connectivity index (χ2n) is 5.54. The third-order valence-corrected chi connectivity index (χ3v) is 3.95. The molecule has 1 N–H and O–H groups in total. The maximum Gasteiger partial charge on any atom is 0.338 e. The molecule has 27 heavy (non-hydrogen) atoms. The third-order valence-electron chi connectivity index (χ3n) is 3.65. The number of halogens is 1. The van der Waals surface area contributed by atoms with Crippen molar-refractivity contribution in [1.29, 1.82) is 0 Å². The summed E-state index contributed by atoms with van der Waals surface area (Å²) in [4.78, 5) is 28.5. The minimum atomic E-state index is -1.02. The first-order valence-corrected chi connectivity index (χ1v) is 8.71. The molecule has 0 bridgehead atoms. The van der Waals surface area contributed by atoms with Gasteiger partial charge in [0.2, 0.25) is 0 Å². The van der Waals surface area contributed by atoms with Crippen molar-refractivity contribution in [3.63, 3.8) is 0 Å². The number of amides is 1. The van der Waals surface area contributed by atoms with Crippen LogP contribution < -0.4 is 10.1 Å². The molecule has 2 aromatic rings. The predicted molar refractivity (Wildman–Crippen MR) is 101 cm³/mol. The monoisotopic (exact) mass is 392 g/mol. The molecule has 0 saturated heterocycles. The fraction of sp³-hybridized carbons (Fsp3) is 0.316. The van der Waals surface area contributed by atoms with Crippen LogP contribution in [-0.4, -0.2) is 36.7 Å². The Labute approximate surface area is 162 Å². The van der Waals surface area contributed by atoms with Crippen LogP contribution in [0.4, 0.5) is 5.69 Å². The zero-order chi connectivity index (χ0) is 19.8. The molecule has 0 radical (unpaired) electrons. The van der Waals surface area contributed by atoms with E-state index in [-0.39, 0.29) is 5.15 Å². The molecule has 0 saturated carbocycles. The van der Waals surface area contributed by atoms with Gasteiger partial charge in [0.1, 0.15) is 5.75 Å². The summed E-state index contributed by atoms with van der Waals surface area (Å²) in [6.45, 7) is 4.18. The van der Waals surface area contributed by atoms with E-state index in [4.69, 9.17) is 25.8 Å². The van der Waals surface area contributed by atoms with Gasteiger partial charge in [-0.15, -0.1) is 0 Å². The molecule has 7 nitrogen and oxygen atoms in total. The molecule has 0 fully saturated rings. The number of ether oxygens (including phenoxy) is 3. The van der Waals surface area contributed by atoms with Gasteiger partial charge in [0, 0.05) is 18.4 Å². The topological polar surface area (TPSA) is 86.8 Å². The van der Waals surface area contributed by atoms with E-state index in [0.29, 0.717) is 35.8 Å². The van der Waals surface area contributed by atoms with Gasteiger partial charge in [0.25, 0.3) is 5.91 Å². The van der Waals surface area contributed by atoms with E-state index in [0.717, 1.165) is 0 Å². The molecule has 1 aromatic heterocycles. The highest BCUT2D eigenvalue weighted by Gasteiger charge is 2.21. The molecule has 1 atom stereocenters. The van der Waals surface area contributed by atoms with Crippen molar-refractivity contribution in [2.75, 3.05) is 19.0 Å². The maximum atomic E-state index is 12.4. The lowest BCUT2D eigenvalue weighted by Gasteiger charge is -2.15. The summed E-state index contributed by atoms with van der Waals surface area (Å²) in [6, 6.07) is 8.09. The van der Waals surface area contributed by atoms with Crippen LogP contribution in [0.15, 0.2) is 36.5 Å². The Balaban J connectivity index is 2.05. The van der Waals surface area contributed by atoms with Crippen molar-refractivity contribution in [3.8, 4) is 5.75 Å². The lowest BCUT2D eigenvalue weighted by molar-refractivity contribution is -0.123. The standard InChI is InChI=1S/C19H21ClN2O5/c1-4-26-11-14-10-13(7-8-16(14)25-3)19(24)27-12(2)18(23)22-15-6-5-9-21-17(15)20/h5-10,12H,4,11H2,1-3H3,(H,22,23)/t12-/m1/s1. The van der Waals surface area contributed by atoms with Crippen LogP contribution in [0.2, 0.25) is 5.15 Å². The van der Waals surface area contributed by atoms with Crippen molar-refractivity contribution in [2.24, 2.45) is 0 Å². The normalized spacial score (nSPS) is 11.6. The summed E-state index contributed by atoms with van der Waals surface area (Å²) in [7, 11) is 1.54. The SMILES string of the molecule is CCOCc1cc(C(=O)O[C@H](C)C(=O)Nc2cccnc2Cl)ccc1OC. The Kier molecular flexibility index (Phi) is 7.57. The summed E-state index contributed by atoms with van der Waals surface area (Å²) in [5, 5.41) is 2.73. The van der Waals surface area contributed by atoms with E-state index in [1.54, 1.807) is 37.4 Å². The Morgan fingerprint density at radius 1 is 1.30 bits per heavy atom. The average Bonchev–Trinajstić information content (AvgIpc) is 2.67. The number of methoxy groups -OCH3 is 1. The third kappa shape index (κ3) is 5.67. The number of anilines is 1. The van der Waals surface area contributed by atoms with Crippen LogP contribution in [0.1, 0.15) is 29.8 Å². The van der Waals surface area contributed by atoms with Crippen molar-refractivity contribution in [2.45, 2.75) is 26.6 Å². The Bertz CT molecular complexity index is 812. The average molecular weight is 393 g/mol. The number of hydrogen-bond acceptors (Lipinski definition) is 6. The molecular weight excluding hydrogens is 372 g/mol. The van der Waals surface area contributed by atoms with Gasteiger partial charge in [-0.2, -0.15) is 0 Å². The predicted octanol–water partition coefficient (Wildman–Crippen LogP) is 3.46. The highest BCUT2D eigenvalue weighted by molar-refractivity contribution is 6.32. The van der Waals surface area contributed by atoms with Gasteiger partial charge < -0.3 is 19.5 Å². The molecule has 2 rings (SSSR count). The van der Waals surface area contributed by atoms with Crippen molar-refractivity contribution in [3.05, 3.63) is 52.8 Å². The second-order valence-corrected chi connectivity index (χ2v) is 5.90. The van der Waals surface area contributed by atoms with Gasteiger partial charge >= 0.3 is 5.97 Å². The number of hydrogen-bond donors (Lipinski definition) is 1. The van der Waals surface area contributed by atoms with Crippen molar-refractivity contribution < 1.29 is 23.8 Å². The molecule has 1 amide bonds. The van der Waals surface area contributed by atoms with Crippen LogP contribution in [0.5, 0.6) is 5.75 Å². The molecule has 1 heterocycles. The lowest BCUT2D eigenvalue weighted by Crippen LogP contribution is -2.30. The highest BCUT2D eigenvalue weighted by atomic mass is 35.5. The number of nitrogens with zero attached hydrogens (tertiary/aromatic N) is 1. The van der Waals surface area contributed by atoms with Gasteiger partial charge in [-0.1, -0.05) is 11.6 Å². The molecule has 0 aliphatic heterocycles. The smallest absolute Gasteiger partial charge is 0.338 e. The number of nitrogens with one attached hydrogen (secondary N) is 1. The minimum Gasteiger partial charge on any atom is -0.496 e. The number of esters is 1. The largest absolute Gasteiger partial charge is 0.496 e. The van der Waals surface area contributed by atoms with Crippen molar-refractivity contribution >= 4 is 29.2 Å². The number of carbonyl (C=O) groups is 2. The first kappa shape index (κ1) is 20.7. The minimum absolute atomic E-state index is 0.153. The van der Waals surface area contributed by atoms with E-state index < -0.39 is 18.0 Å². The fourth-order valence-electron chi connectivity index (χ4n) is 2.23. The molecule has 1 aromatic carbocycles. The zero-order valence-electron chi connectivity index (χ0n) is 15.3. The number of pyridine rings is 1. The van der Waals surface area contributed by atoms with Gasteiger partial charge in [0.15, 0.2) is 11.3 Å². The molecule has 8 heteroatoms. The first-order chi connectivity index (χ1) is 13.0. The van der Waals surface area contributed by atoms with E-state index >= 15 is 0 Å². The molecular formula is C19H21ClN2O5. The summed E-state index contributed by atoms with van der Waals surface area (Å²) in [6.07, 6.45) is 0.483. The van der Waals surface area contributed by atoms with Gasteiger partial charge in [-0.25, -0.2) is 9.78 Å². The molecule has 0 spiro atoms. The first-order valence-electron chi connectivity index (χ1n) is 8.33. The van der Waals surface area contributed by atoms with E-state index in [1.807, 2.05) is 6.92 Å². The number of rotatable bonds is 8. The number of benzene rings is 1. The Morgan fingerprint density at radius 3 is 2.74 bits per heavy atom. The van der Waals surface area contributed by atoms with E-state index in [2.05, 4.69) is 10.3 Å². The highest BCUT2D eigenvalue weighted by Crippen LogP contribution is 2.22. The summed E-state index contributed by atoms with van der Waals surface area (Å²) < 4.78 is 15.9. The maximum absolute atomic E-state index is 12.4. The molecule has 0 aliphatic carbocycles.